The largest absolute Gasteiger partial charge is 0.491 e. The quantitative estimate of drug-likeness (QED) is 0.720. The van der Waals surface area contributed by atoms with Crippen molar-refractivity contribution in [1.82, 2.24) is 5.32 Å². The lowest BCUT2D eigenvalue weighted by Crippen LogP contribution is -2.23. The van der Waals surface area contributed by atoms with Crippen LogP contribution in [-0.2, 0) is 11.3 Å². The van der Waals surface area contributed by atoms with Gasteiger partial charge in [0.1, 0.15) is 12.4 Å². The summed E-state index contributed by atoms with van der Waals surface area (Å²) in [6.07, 6.45) is 0. The van der Waals surface area contributed by atoms with E-state index in [9.17, 15) is 9.59 Å². The van der Waals surface area contributed by atoms with E-state index < -0.39 is 5.97 Å². The second-order valence-corrected chi connectivity index (χ2v) is 5.56. The zero-order valence-corrected chi connectivity index (χ0v) is 14.2. The van der Waals surface area contributed by atoms with Crippen LogP contribution in [0.15, 0.2) is 42.5 Å². The van der Waals surface area contributed by atoms with E-state index >= 15 is 0 Å². The topological polar surface area (TPSA) is 84.9 Å². The highest BCUT2D eigenvalue weighted by Gasteiger charge is 2.11. The Balaban J connectivity index is 1.94. The minimum Gasteiger partial charge on any atom is -0.491 e. The Labute approximate surface area is 146 Å². The number of rotatable bonds is 8. The summed E-state index contributed by atoms with van der Waals surface area (Å²) < 4.78 is 10.4. The van der Waals surface area contributed by atoms with Crippen LogP contribution < -0.4 is 10.1 Å². The van der Waals surface area contributed by atoms with Crippen LogP contribution in [0.2, 0.25) is 0 Å². The van der Waals surface area contributed by atoms with Crippen molar-refractivity contribution < 1.29 is 24.2 Å². The lowest BCUT2D eigenvalue weighted by Gasteiger charge is -2.09. The predicted octanol–water partition coefficient (Wildman–Crippen LogP) is 2.65. The second kappa shape index (κ2) is 8.84. The van der Waals surface area contributed by atoms with Gasteiger partial charge in [-0.25, -0.2) is 4.79 Å². The third kappa shape index (κ3) is 5.61. The Morgan fingerprint density at radius 2 is 1.72 bits per heavy atom. The number of aromatic carboxylic acids is 1. The molecule has 2 rings (SSSR count). The first-order chi connectivity index (χ1) is 12.0. The van der Waals surface area contributed by atoms with Gasteiger partial charge in [0.05, 0.1) is 12.2 Å². The molecular weight excluding hydrogens is 322 g/mol. The fourth-order valence-electron chi connectivity index (χ4n) is 2.27. The number of nitrogens with one attached hydrogen (secondary N) is 1. The summed E-state index contributed by atoms with van der Waals surface area (Å²) in [7, 11) is 1.61. The molecule has 0 aliphatic carbocycles. The maximum absolute atomic E-state index is 12.2. The molecule has 2 N–H and O–H groups in total. The van der Waals surface area contributed by atoms with Crippen molar-refractivity contribution in [2.45, 2.75) is 13.5 Å². The number of ether oxygens (including phenoxy) is 2. The summed E-state index contributed by atoms with van der Waals surface area (Å²) in [4.78, 5) is 23.3. The molecule has 0 radical (unpaired) electrons. The van der Waals surface area contributed by atoms with Crippen molar-refractivity contribution in [2.24, 2.45) is 0 Å². The monoisotopic (exact) mass is 343 g/mol. The Bertz CT molecular complexity index is 740. The first kappa shape index (κ1) is 18.5. The minimum absolute atomic E-state index is 0.0997. The highest BCUT2D eigenvalue weighted by Crippen LogP contribution is 2.13. The first-order valence-electron chi connectivity index (χ1n) is 7.83. The van der Waals surface area contributed by atoms with Crippen molar-refractivity contribution in [1.29, 1.82) is 0 Å². The second-order valence-electron chi connectivity index (χ2n) is 5.56. The summed E-state index contributed by atoms with van der Waals surface area (Å²) in [5, 5.41) is 11.9. The molecule has 0 unspecified atom stereocenters. The van der Waals surface area contributed by atoms with E-state index in [-0.39, 0.29) is 11.5 Å². The number of hydrogen-bond acceptors (Lipinski definition) is 4. The lowest BCUT2D eigenvalue weighted by atomic mass is 10.1. The van der Waals surface area contributed by atoms with Crippen LogP contribution >= 0.6 is 0 Å². The molecule has 1 amide bonds. The Kier molecular flexibility index (Phi) is 6.54. The van der Waals surface area contributed by atoms with E-state index in [4.69, 9.17) is 14.6 Å². The maximum atomic E-state index is 12.2. The number of carbonyl (C=O) groups is 2. The van der Waals surface area contributed by atoms with Gasteiger partial charge >= 0.3 is 5.97 Å². The zero-order valence-electron chi connectivity index (χ0n) is 14.2. The molecule has 132 valence electrons. The number of hydrogen-bond donors (Lipinski definition) is 2. The number of amides is 1. The number of carboxylic acids is 1. The van der Waals surface area contributed by atoms with Crippen molar-refractivity contribution in [3.05, 3.63) is 64.7 Å². The average Bonchev–Trinajstić information content (AvgIpc) is 2.60. The van der Waals surface area contributed by atoms with Gasteiger partial charge in [-0.2, -0.15) is 0 Å². The molecule has 0 heterocycles. The molecule has 0 aliphatic rings. The number of methoxy groups -OCH3 is 1. The molecule has 0 bridgehead atoms. The number of carboxylic acid groups (broad SMARTS) is 1. The number of aryl methyl sites for hydroxylation is 1. The zero-order chi connectivity index (χ0) is 18.2. The van der Waals surface area contributed by atoms with E-state index in [1.165, 1.54) is 12.1 Å². The molecule has 0 aliphatic heterocycles. The van der Waals surface area contributed by atoms with Gasteiger partial charge in [-0.1, -0.05) is 12.1 Å². The Morgan fingerprint density at radius 3 is 2.36 bits per heavy atom. The van der Waals surface area contributed by atoms with Gasteiger partial charge in [0.2, 0.25) is 0 Å². The SMILES string of the molecule is COCCOc1ccc(CNC(=O)c2cc(C)cc(C(=O)O)c2)cc1. The van der Waals surface area contributed by atoms with Gasteiger partial charge in [0.15, 0.2) is 0 Å². The van der Waals surface area contributed by atoms with Crippen molar-refractivity contribution >= 4 is 11.9 Å². The maximum Gasteiger partial charge on any atom is 0.335 e. The molecule has 0 saturated heterocycles. The molecule has 2 aromatic rings. The molecule has 2 aromatic carbocycles. The summed E-state index contributed by atoms with van der Waals surface area (Å²) in [5.41, 5.74) is 2.07. The van der Waals surface area contributed by atoms with Crippen LogP contribution in [0.4, 0.5) is 0 Å². The van der Waals surface area contributed by atoms with Crippen LogP contribution in [0.5, 0.6) is 5.75 Å². The summed E-state index contributed by atoms with van der Waals surface area (Å²) in [6, 6.07) is 11.9. The van der Waals surface area contributed by atoms with Crippen LogP contribution in [-0.4, -0.2) is 37.3 Å². The van der Waals surface area contributed by atoms with Gasteiger partial charge in [-0.15, -0.1) is 0 Å². The fourth-order valence-corrected chi connectivity index (χ4v) is 2.27. The Morgan fingerprint density at radius 1 is 1.04 bits per heavy atom. The van der Waals surface area contributed by atoms with Gasteiger partial charge in [0, 0.05) is 19.2 Å². The van der Waals surface area contributed by atoms with Gasteiger partial charge in [0.25, 0.3) is 5.91 Å². The molecule has 6 heteroatoms. The van der Waals surface area contributed by atoms with E-state index in [1.54, 1.807) is 20.1 Å². The Hall–Kier alpha value is -2.86. The molecule has 0 fully saturated rings. The summed E-state index contributed by atoms with van der Waals surface area (Å²) >= 11 is 0. The lowest BCUT2D eigenvalue weighted by molar-refractivity contribution is 0.0696. The smallest absolute Gasteiger partial charge is 0.335 e. The minimum atomic E-state index is -1.05. The van der Waals surface area contributed by atoms with Crippen LogP contribution in [0.3, 0.4) is 0 Å². The van der Waals surface area contributed by atoms with Gasteiger partial charge in [-0.05, 0) is 48.4 Å². The first-order valence-corrected chi connectivity index (χ1v) is 7.83. The predicted molar refractivity (Wildman–Crippen MR) is 93.1 cm³/mol. The molecule has 0 saturated carbocycles. The molecular formula is C19H21NO5. The van der Waals surface area contributed by atoms with Crippen molar-refractivity contribution in [2.75, 3.05) is 20.3 Å². The highest BCUT2D eigenvalue weighted by molar-refractivity contribution is 5.97. The highest BCUT2D eigenvalue weighted by atomic mass is 16.5. The molecule has 0 aromatic heterocycles. The number of benzene rings is 2. The van der Waals surface area contributed by atoms with E-state index in [0.717, 1.165) is 16.9 Å². The molecule has 25 heavy (non-hydrogen) atoms. The molecule has 6 nitrogen and oxygen atoms in total. The normalized spacial score (nSPS) is 10.3. The van der Waals surface area contributed by atoms with Crippen LogP contribution in [0, 0.1) is 6.92 Å². The van der Waals surface area contributed by atoms with Crippen LogP contribution in [0.25, 0.3) is 0 Å². The van der Waals surface area contributed by atoms with Crippen molar-refractivity contribution in [3.8, 4) is 5.75 Å². The van der Waals surface area contributed by atoms with E-state index in [0.29, 0.717) is 25.3 Å². The molecule has 0 spiro atoms. The van der Waals surface area contributed by atoms with E-state index in [1.807, 2.05) is 24.3 Å². The average molecular weight is 343 g/mol. The summed E-state index contributed by atoms with van der Waals surface area (Å²) in [5.74, 6) is -0.634. The molecule has 0 atom stereocenters. The van der Waals surface area contributed by atoms with Crippen molar-refractivity contribution in [3.63, 3.8) is 0 Å². The standard InChI is InChI=1S/C19H21NO5/c1-13-9-15(11-16(10-13)19(22)23)18(21)20-12-14-3-5-17(6-4-14)25-8-7-24-2/h3-6,9-11H,7-8,12H2,1-2H3,(H,20,21)(H,22,23). The van der Waals surface area contributed by atoms with Gasteiger partial charge in [-0.3, -0.25) is 4.79 Å². The summed E-state index contributed by atoms with van der Waals surface area (Å²) in [6.45, 7) is 3.09. The third-order valence-electron chi connectivity index (χ3n) is 3.52. The van der Waals surface area contributed by atoms with E-state index in [2.05, 4.69) is 5.32 Å². The third-order valence-corrected chi connectivity index (χ3v) is 3.52. The number of carbonyl (C=O) groups excluding carboxylic acids is 1. The van der Waals surface area contributed by atoms with Gasteiger partial charge < -0.3 is 19.9 Å². The fraction of sp³-hybridized carbons (Fsp3) is 0.263. The van der Waals surface area contributed by atoms with Crippen LogP contribution in [0.1, 0.15) is 31.8 Å².